The Morgan fingerprint density at radius 2 is 2.00 bits per heavy atom. The fourth-order valence-corrected chi connectivity index (χ4v) is 2.35. The molecule has 0 saturated heterocycles. The molecule has 0 fully saturated rings. The van der Waals surface area contributed by atoms with Crippen LogP contribution in [0.5, 0.6) is 0 Å². The summed E-state index contributed by atoms with van der Waals surface area (Å²) in [6.45, 7) is 7.74. The van der Waals surface area contributed by atoms with Crippen molar-refractivity contribution in [2.24, 2.45) is 7.05 Å². The molecule has 0 atom stereocenters. The lowest BCUT2D eigenvalue weighted by Crippen LogP contribution is -2.16. The molecule has 2 aromatic heterocycles. The second kappa shape index (κ2) is 4.98. The predicted octanol–water partition coefficient (Wildman–Crippen LogP) is 2.09. The SMILES string of the molecule is Cc1nc(CNCc2nc(C)c(C)n2C)cs1. The molecule has 17 heavy (non-hydrogen) atoms. The lowest BCUT2D eigenvalue weighted by molar-refractivity contribution is 0.628. The van der Waals surface area contributed by atoms with Crippen LogP contribution in [0.2, 0.25) is 0 Å². The van der Waals surface area contributed by atoms with Gasteiger partial charge in [-0.1, -0.05) is 0 Å². The molecular formula is C12H18N4S. The number of nitrogens with one attached hydrogen (secondary N) is 1. The summed E-state index contributed by atoms with van der Waals surface area (Å²) in [6, 6.07) is 0. The van der Waals surface area contributed by atoms with Gasteiger partial charge in [-0.25, -0.2) is 9.97 Å². The van der Waals surface area contributed by atoms with Crippen molar-refractivity contribution in [3.8, 4) is 0 Å². The number of thiazole rings is 1. The third-order valence-electron chi connectivity index (χ3n) is 2.97. The van der Waals surface area contributed by atoms with Crippen LogP contribution in [0.15, 0.2) is 5.38 Å². The highest BCUT2D eigenvalue weighted by atomic mass is 32.1. The highest BCUT2D eigenvalue weighted by Crippen LogP contribution is 2.09. The largest absolute Gasteiger partial charge is 0.334 e. The fraction of sp³-hybridized carbons (Fsp3) is 0.500. The van der Waals surface area contributed by atoms with Gasteiger partial charge in [-0.3, -0.25) is 0 Å². The molecular weight excluding hydrogens is 232 g/mol. The van der Waals surface area contributed by atoms with Gasteiger partial charge in [0.25, 0.3) is 0 Å². The number of aromatic nitrogens is 3. The van der Waals surface area contributed by atoms with E-state index in [0.717, 1.165) is 35.3 Å². The molecule has 0 aromatic carbocycles. The van der Waals surface area contributed by atoms with Crippen LogP contribution >= 0.6 is 11.3 Å². The topological polar surface area (TPSA) is 42.7 Å². The van der Waals surface area contributed by atoms with E-state index in [4.69, 9.17) is 0 Å². The average Bonchev–Trinajstić information content (AvgIpc) is 2.80. The Balaban J connectivity index is 1.92. The maximum Gasteiger partial charge on any atom is 0.122 e. The summed E-state index contributed by atoms with van der Waals surface area (Å²) >= 11 is 1.69. The Hall–Kier alpha value is -1.20. The van der Waals surface area contributed by atoms with Gasteiger partial charge in [0.05, 0.1) is 22.9 Å². The van der Waals surface area contributed by atoms with E-state index in [2.05, 4.69) is 39.2 Å². The van der Waals surface area contributed by atoms with Crippen molar-refractivity contribution in [2.75, 3.05) is 0 Å². The van der Waals surface area contributed by atoms with Crippen LogP contribution in [0.3, 0.4) is 0 Å². The van der Waals surface area contributed by atoms with Gasteiger partial charge >= 0.3 is 0 Å². The van der Waals surface area contributed by atoms with Gasteiger partial charge in [0.2, 0.25) is 0 Å². The molecule has 0 spiro atoms. The van der Waals surface area contributed by atoms with Gasteiger partial charge in [0.15, 0.2) is 0 Å². The molecule has 92 valence electrons. The van der Waals surface area contributed by atoms with Crippen LogP contribution in [0, 0.1) is 20.8 Å². The number of hydrogen-bond acceptors (Lipinski definition) is 4. The van der Waals surface area contributed by atoms with Crippen molar-refractivity contribution in [3.63, 3.8) is 0 Å². The molecule has 4 nitrogen and oxygen atoms in total. The Bertz CT molecular complexity index is 513. The quantitative estimate of drug-likeness (QED) is 0.903. The zero-order valence-electron chi connectivity index (χ0n) is 10.7. The molecule has 0 aliphatic rings. The lowest BCUT2D eigenvalue weighted by atomic mass is 10.4. The summed E-state index contributed by atoms with van der Waals surface area (Å²) in [4.78, 5) is 8.94. The van der Waals surface area contributed by atoms with E-state index in [0.29, 0.717) is 0 Å². The van der Waals surface area contributed by atoms with E-state index in [9.17, 15) is 0 Å². The van der Waals surface area contributed by atoms with Gasteiger partial charge in [0, 0.05) is 24.7 Å². The first-order valence-electron chi connectivity index (χ1n) is 5.68. The normalized spacial score (nSPS) is 11.1. The molecule has 2 aromatic rings. The summed E-state index contributed by atoms with van der Waals surface area (Å²) in [5.74, 6) is 1.08. The number of hydrogen-bond donors (Lipinski definition) is 1. The van der Waals surface area contributed by atoms with Gasteiger partial charge < -0.3 is 9.88 Å². The number of aryl methyl sites for hydroxylation is 2. The van der Waals surface area contributed by atoms with E-state index >= 15 is 0 Å². The number of imidazole rings is 1. The lowest BCUT2D eigenvalue weighted by Gasteiger charge is -2.04. The fourth-order valence-electron chi connectivity index (χ4n) is 1.74. The molecule has 0 amide bonds. The van der Waals surface area contributed by atoms with E-state index in [-0.39, 0.29) is 0 Å². The van der Waals surface area contributed by atoms with Gasteiger partial charge in [0.1, 0.15) is 5.82 Å². The van der Waals surface area contributed by atoms with Crippen LogP contribution in [0.4, 0.5) is 0 Å². The molecule has 0 bridgehead atoms. The Kier molecular flexibility index (Phi) is 3.59. The van der Waals surface area contributed by atoms with Crippen molar-refractivity contribution in [1.82, 2.24) is 19.9 Å². The highest BCUT2D eigenvalue weighted by Gasteiger charge is 2.07. The van der Waals surface area contributed by atoms with Crippen LogP contribution in [-0.2, 0) is 20.1 Å². The Morgan fingerprint density at radius 3 is 2.53 bits per heavy atom. The van der Waals surface area contributed by atoms with Gasteiger partial charge in [-0.15, -0.1) is 11.3 Å². The number of nitrogens with zero attached hydrogens (tertiary/aromatic N) is 3. The third kappa shape index (κ3) is 2.73. The molecule has 0 aliphatic carbocycles. The summed E-state index contributed by atoms with van der Waals surface area (Å²) in [6.07, 6.45) is 0. The minimum atomic E-state index is 0.780. The summed E-state index contributed by atoms with van der Waals surface area (Å²) in [5, 5.41) is 6.58. The van der Waals surface area contributed by atoms with E-state index in [1.54, 1.807) is 11.3 Å². The average molecular weight is 250 g/mol. The van der Waals surface area contributed by atoms with E-state index in [1.165, 1.54) is 5.69 Å². The maximum atomic E-state index is 4.53. The van der Waals surface area contributed by atoms with E-state index in [1.807, 2.05) is 13.8 Å². The zero-order valence-corrected chi connectivity index (χ0v) is 11.6. The van der Waals surface area contributed by atoms with Crippen molar-refractivity contribution in [2.45, 2.75) is 33.9 Å². The maximum absolute atomic E-state index is 4.53. The minimum absolute atomic E-state index is 0.780. The summed E-state index contributed by atoms with van der Waals surface area (Å²) in [5.41, 5.74) is 3.44. The first kappa shape index (κ1) is 12.3. The molecule has 2 rings (SSSR count). The molecule has 0 unspecified atom stereocenters. The predicted molar refractivity (Wildman–Crippen MR) is 70.1 cm³/mol. The van der Waals surface area contributed by atoms with Crippen LogP contribution < -0.4 is 5.32 Å². The van der Waals surface area contributed by atoms with Gasteiger partial charge in [-0.05, 0) is 20.8 Å². The first-order chi connectivity index (χ1) is 8.08. The van der Waals surface area contributed by atoms with Crippen molar-refractivity contribution in [1.29, 1.82) is 0 Å². The van der Waals surface area contributed by atoms with Gasteiger partial charge in [-0.2, -0.15) is 0 Å². The standard InChI is InChI=1S/C12H18N4S/c1-8-9(2)16(4)12(14-8)6-13-5-11-7-17-10(3)15-11/h7,13H,5-6H2,1-4H3. The summed E-state index contributed by atoms with van der Waals surface area (Å²) < 4.78 is 2.13. The van der Waals surface area contributed by atoms with Crippen molar-refractivity contribution < 1.29 is 0 Å². The third-order valence-corrected chi connectivity index (χ3v) is 3.79. The number of rotatable bonds is 4. The van der Waals surface area contributed by atoms with Crippen LogP contribution in [0.1, 0.15) is 27.9 Å². The molecule has 2 heterocycles. The smallest absolute Gasteiger partial charge is 0.122 e. The second-order valence-corrected chi connectivity index (χ2v) is 5.28. The first-order valence-corrected chi connectivity index (χ1v) is 6.56. The summed E-state index contributed by atoms with van der Waals surface area (Å²) in [7, 11) is 2.05. The molecule has 5 heteroatoms. The van der Waals surface area contributed by atoms with Crippen LogP contribution in [0.25, 0.3) is 0 Å². The molecule has 1 N–H and O–H groups in total. The minimum Gasteiger partial charge on any atom is -0.334 e. The van der Waals surface area contributed by atoms with Crippen LogP contribution in [-0.4, -0.2) is 14.5 Å². The Labute approximate surface area is 106 Å². The highest BCUT2D eigenvalue weighted by molar-refractivity contribution is 7.09. The molecule has 0 radical (unpaired) electrons. The molecule has 0 aliphatic heterocycles. The monoisotopic (exact) mass is 250 g/mol. The zero-order chi connectivity index (χ0) is 12.4. The Morgan fingerprint density at radius 1 is 1.24 bits per heavy atom. The van der Waals surface area contributed by atoms with E-state index < -0.39 is 0 Å². The molecule has 0 saturated carbocycles. The second-order valence-electron chi connectivity index (χ2n) is 4.22. The van der Waals surface area contributed by atoms with Crippen molar-refractivity contribution >= 4 is 11.3 Å². The van der Waals surface area contributed by atoms with Crippen molar-refractivity contribution in [3.05, 3.63) is 33.3 Å².